The van der Waals surface area contributed by atoms with Crippen molar-refractivity contribution in [2.75, 3.05) is 0 Å². The molecule has 2 heterocycles. The van der Waals surface area contributed by atoms with Crippen LogP contribution in [-0.4, -0.2) is 26.2 Å². The van der Waals surface area contributed by atoms with Gasteiger partial charge in [0.2, 0.25) is 0 Å². The summed E-state index contributed by atoms with van der Waals surface area (Å²) in [6.45, 7) is 0. The van der Waals surface area contributed by atoms with Crippen molar-refractivity contribution in [1.82, 2.24) is 19.9 Å². The first-order valence-corrected chi connectivity index (χ1v) is 6.19. The molecule has 6 nitrogen and oxygen atoms in total. The summed E-state index contributed by atoms with van der Waals surface area (Å²) in [5.74, 6) is 0. The third-order valence-electron chi connectivity index (χ3n) is 1.77. The molecule has 0 amide bonds. The van der Waals surface area contributed by atoms with Crippen molar-refractivity contribution in [3.8, 4) is 6.07 Å². The highest BCUT2D eigenvalue weighted by Gasteiger charge is 2.05. The number of hydrogen-bond acceptors (Lipinski definition) is 6. The van der Waals surface area contributed by atoms with Gasteiger partial charge in [-0.3, -0.25) is 4.79 Å². The topological polar surface area (TPSA) is 92.4 Å². The maximum absolute atomic E-state index is 10.2. The van der Waals surface area contributed by atoms with Gasteiger partial charge in [0, 0.05) is 0 Å². The molecule has 0 saturated carbocycles. The van der Waals surface area contributed by atoms with E-state index in [-0.39, 0.29) is 31.7 Å². The van der Waals surface area contributed by atoms with E-state index in [2.05, 4.69) is 19.9 Å². The van der Waals surface area contributed by atoms with Gasteiger partial charge in [0.25, 0.3) is 0 Å². The van der Waals surface area contributed by atoms with E-state index in [1.54, 1.807) is 6.07 Å². The van der Waals surface area contributed by atoms with Gasteiger partial charge >= 0.3 is 0 Å². The summed E-state index contributed by atoms with van der Waals surface area (Å²) in [7, 11) is 0. The van der Waals surface area contributed by atoms with Gasteiger partial charge in [0.1, 0.15) is 34.6 Å². The third-order valence-corrected chi connectivity index (χ3v) is 2.95. The molecule has 102 valence electrons. The third kappa shape index (κ3) is 4.25. The normalized spacial score (nSPS) is 9.15. The van der Waals surface area contributed by atoms with Crippen molar-refractivity contribution in [1.29, 1.82) is 5.26 Å². The van der Waals surface area contributed by atoms with E-state index in [0.717, 1.165) is 0 Å². The van der Waals surface area contributed by atoms with Gasteiger partial charge < -0.3 is 0 Å². The molecular formula is C10H3Cl4N5O. The van der Waals surface area contributed by atoms with Crippen LogP contribution in [0, 0.1) is 11.3 Å². The summed E-state index contributed by atoms with van der Waals surface area (Å²) in [6, 6.07) is 1.77. The van der Waals surface area contributed by atoms with E-state index in [4.69, 9.17) is 51.7 Å². The molecular weight excluding hydrogens is 348 g/mol. The number of hydrogen-bond donors (Lipinski definition) is 0. The van der Waals surface area contributed by atoms with Crippen molar-refractivity contribution >= 4 is 52.7 Å². The number of aldehydes is 1. The number of aromatic nitrogens is 4. The van der Waals surface area contributed by atoms with E-state index in [1.807, 2.05) is 0 Å². The second-order valence-electron chi connectivity index (χ2n) is 2.93. The summed E-state index contributed by atoms with van der Waals surface area (Å²) in [6.07, 6.45) is 2.91. The molecule has 0 radical (unpaired) electrons. The van der Waals surface area contributed by atoms with Gasteiger partial charge in [-0.1, -0.05) is 46.4 Å². The van der Waals surface area contributed by atoms with Crippen LogP contribution in [0.1, 0.15) is 15.9 Å². The maximum atomic E-state index is 10.2. The fourth-order valence-electron chi connectivity index (χ4n) is 0.888. The summed E-state index contributed by atoms with van der Waals surface area (Å²) in [5, 5.41) is 8.73. The lowest BCUT2D eigenvalue weighted by Crippen LogP contribution is -1.89. The lowest BCUT2D eigenvalue weighted by molar-refractivity contribution is 0.112. The Bertz CT molecular complexity index is 633. The number of nitrogens with zero attached hydrogens (tertiary/aromatic N) is 5. The van der Waals surface area contributed by atoms with Gasteiger partial charge in [-0.15, -0.1) is 0 Å². The zero-order valence-corrected chi connectivity index (χ0v) is 12.4. The molecule has 0 aliphatic heterocycles. The molecule has 0 spiro atoms. The maximum Gasteiger partial charge on any atom is 0.156 e. The summed E-state index contributed by atoms with van der Waals surface area (Å²) in [5.41, 5.74) is 0.247. The number of nitriles is 1. The summed E-state index contributed by atoms with van der Waals surface area (Å²) < 4.78 is 0. The van der Waals surface area contributed by atoms with Gasteiger partial charge in [-0.25, -0.2) is 19.9 Å². The molecule has 2 aromatic heterocycles. The largest absolute Gasteiger partial charge is 0.298 e. The Hall–Kier alpha value is -1.52. The number of carbonyl (C=O) groups excluding carboxylic acids is 1. The molecule has 0 saturated heterocycles. The van der Waals surface area contributed by atoms with Crippen LogP contribution in [0.2, 0.25) is 20.6 Å². The van der Waals surface area contributed by atoms with E-state index in [1.165, 1.54) is 12.7 Å². The number of halogens is 4. The average Bonchev–Trinajstić information content (AvgIpc) is 2.40. The van der Waals surface area contributed by atoms with Crippen LogP contribution in [-0.2, 0) is 0 Å². The van der Waals surface area contributed by atoms with Crippen molar-refractivity contribution in [2.45, 2.75) is 0 Å². The average molecular weight is 351 g/mol. The van der Waals surface area contributed by atoms with E-state index in [0.29, 0.717) is 6.29 Å². The van der Waals surface area contributed by atoms with Crippen molar-refractivity contribution < 1.29 is 4.79 Å². The smallest absolute Gasteiger partial charge is 0.156 e. The molecule has 20 heavy (non-hydrogen) atoms. The Labute approximate surface area is 133 Å². The van der Waals surface area contributed by atoms with Crippen LogP contribution in [0.5, 0.6) is 0 Å². The molecule has 0 aliphatic rings. The van der Waals surface area contributed by atoms with Crippen LogP contribution in [0.4, 0.5) is 0 Å². The molecule has 0 aromatic carbocycles. The van der Waals surface area contributed by atoms with E-state index < -0.39 is 0 Å². The van der Waals surface area contributed by atoms with Crippen LogP contribution in [0.15, 0.2) is 12.7 Å². The van der Waals surface area contributed by atoms with Gasteiger partial charge in [-0.05, 0) is 0 Å². The minimum atomic E-state index is 0.0787. The highest BCUT2D eigenvalue weighted by atomic mass is 35.5. The second kappa shape index (κ2) is 7.92. The van der Waals surface area contributed by atoms with Crippen molar-refractivity contribution in [3.63, 3.8) is 0 Å². The predicted molar refractivity (Wildman–Crippen MR) is 74.2 cm³/mol. The summed E-state index contributed by atoms with van der Waals surface area (Å²) >= 11 is 21.9. The Morgan fingerprint density at radius 3 is 1.55 bits per heavy atom. The van der Waals surface area contributed by atoms with E-state index >= 15 is 0 Å². The lowest BCUT2D eigenvalue weighted by atomic mass is 10.4. The second-order valence-corrected chi connectivity index (χ2v) is 4.36. The van der Waals surface area contributed by atoms with Crippen molar-refractivity contribution in [2.24, 2.45) is 0 Å². The predicted octanol–water partition coefficient (Wildman–Crippen LogP) is 3.25. The highest BCUT2D eigenvalue weighted by molar-refractivity contribution is 6.37. The molecule has 0 atom stereocenters. The Kier molecular flexibility index (Phi) is 6.55. The zero-order valence-electron chi connectivity index (χ0n) is 9.39. The highest BCUT2D eigenvalue weighted by Crippen LogP contribution is 2.17. The molecule has 2 aromatic rings. The number of carbonyl (C=O) groups is 1. The first-order chi connectivity index (χ1) is 9.51. The molecule has 0 fully saturated rings. The van der Waals surface area contributed by atoms with Crippen LogP contribution < -0.4 is 0 Å². The molecule has 0 N–H and O–H groups in total. The fraction of sp³-hybridized carbons (Fsp3) is 0. The molecule has 0 unspecified atom stereocenters. The van der Waals surface area contributed by atoms with E-state index in [9.17, 15) is 4.79 Å². The Morgan fingerprint density at radius 2 is 1.30 bits per heavy atom. The monoisotopic (exact) mass is 349 g/mol. The van der Waals surface area contributed by atoms with Crippen LogP contribution >= 0.6 is 46.4 Å². The Balaban J connectivity index is 0.000000200. The standard InChI is InChI=1S/C5HCl2N3.C5H2Cl2N2O/c6-4-3(1-8)5(7)10-2-9-4;6-4-3(1-10)5(7)9-2-8-4/h2H;1-2H. The van der Waals surface area contributed by atoms with Gasteiger partial charge in [0.15, 0.2) is 16.6 Å². The Morgan fingerprint density at radius 1 is 0.900 bits per heavy atom. The van der Waals surface area contributed by atoms with Gasteiger partial charge in [0.05, 0.1) is 5.56 Å². The molecule has 0 aliphatic carbocycles. The molecule has 2 rings (SSSR count). The fourth-order valence-corrected chi connectivity index (χ4v) is 1.69. The zero-order chi connectivity index (χ0) is 15.1. The first-order valence-electron chi connectivity index (χ1n) is 4.68. The van der Waals surface area contributed by atoms with Crippen LogP contribution in [0.3, 0.4) is 0 Å². The SMILES string of the molecule is N#Cc1c(Cl)ncnc1Cl.O=Cc1c(Cl)ncnc1Cl. The lowest BCUT2D eigenvalue weighted by Gasteiger charge is -1.93. The van der Waals surface area contributed by atoms with Gasteiger partial charge in [-0.2, -0.15) is 5.26 Å². The number of rotatable bonds is 1. The molecule has 0 bridgehead atoms. The quantitative estimate of drug-likeness (QED) is 0.579. The van der Waals surface area contributed by atoms with Crippen LogP contribution in [0.25, 0.3) is 0 Å². The minimum Gasteiger partial charge on any atom is -0.298 e. The first kappa shape index (κ1) is 16.5. The van der Waals surface area contributed by atoms with Crippen molar-refractivity contribution in [3.05, 3.63) is 44.4 Å². The minimum absolute atomic E-state index is 0.0787. The molecule has 10 heteroatoms. The summed E-state index contributed by atoms with van der Waals surface area (Å²) in [4.78, 5) is 24.4.